The highest BCUT2D eigenvalue weighted by Crippen LogP contribution is 2.22. The lowest BCUT2D eigenvalue weighted by molar-refractivity contribution is -0.274. The van der Waals surface area contributed by atoms with Gasteiger partial charge in [0.05, 0.1) is 0 Å². The van der Waals surface area contributed by atoms with E-state index in [4.69, 9.17) is 0 Å². The largest absolute Gasteiger partial charge is 0.573 e. The zero-order valence-electron chi connectivity index (χ0n) is 13.0. The topological polar surface area (TPSA) is 45.7 Å². The molecule has 0 aliphatic carbocycles. The lowest BCUT2D eigenvalue weighted by Crippen LogP contribution is -2.41. The second-order valence-corrected chi connectivity index (χ2v) is 5.00. The van der Waals surface area contributed by atoms with Gasteiger partial charge in [-0.1, -0.05) is 12.1 Å². The third kappa shape index (κ3) is 7.75. The maximum atomic E-state index is 12.1. The van der Waals surface area contributed by atoms with Gasteiger partial charge >= 0.3 is 6.36 Å². The molecule has 0 saturated heterocycles. The molecule has 0 atom stereocenters. The van der Waals surface area contributed by atoms with Gasteiger partial charge in [-0.25, -0.2) is 0 Å². The fraction of sp³-hybridized carbons (Fsp3) is 0.533. The Bertz CT molecular complexity index is 470. The van der Waals surface area contributed by atoms with Crippen LogP contribution in [0.2, 0.25) is 0 Å². The van der Waals surface area contributed by atoms with Crippen LogP contribution >= 0.6 is 0 Å². The fourth-order valence-corrected chi connectivity index (χ4v) is 1.75. The first-order valence-electron chi connectivity index (χ1n) is 7.19. The summed E-state index contributed by atoms with van der Waals surface area (Å²) in [5, 5.41) is 6.32. The number of ether oxygens (including phenoxy) is 1. The van der Waals surface area contributed by atoms with Crippen molar-refractivity contribution in [1.29, 1.82) is 0 Å². The molecule has 22 heavy (non-hydrogen) atoms. The van der Waals surface area contributed by atoms with Gasteiger partial charge in [0.1, 0.15) is 5.75 Å². The van der Waals surface area contributed by atoms with Gasteiger partial charge in [-0.05, 0) is 44.9 Å². The molecule has 1 aromatic rings. The van der Waals surface area contributed by atoms with Crippen LogP contribution in [0.3, 0.4) is 0 Å². The Morgan fingerprint density at radius 2 is 1.86 bits per heavy atom. The molecule has 0 radical (unpaired) electrons. The first kappa shape index (κ1) is 18.1. The predicted octanol–water partition coefficient (Wildman–Crippen LogP) is 3.09. The van der Waals surface area contributed by atoms with Gasteiger partial charge in [-0.15, -0.1) is 13.2 Å². The lowest BCUT2D eigenvalue weighted by Gasteiger charge is -2.14. The van der Waals surface area contributed by atoms with E-state index in [0.717, 1.165) is 18.1 Å². The van der Waals surface area contributed by atoms with Gasteiger partial charge < -0.3 is 15.4 Å². The molecule has 0 saturated carbocycles. The Balaban J connectivity index is 2.53. The summed E-state index contributed by atoms with van der Waals surface area (Å²) in [6.07, 6.45) is -4.02. The van der Waals surface area contributed by atoms with Gasteiger partial charge in [-0.2, -0.15) is 0 Å². The molecule has 0 heterocycles. The molecule has 0 aliphatic rings. The maximum Gasteiger partial charge on any atom is 0.573 e. The summed E-state index contributed by atoms with van der Waals surface area (Å²) in [4.78, 5) is 4.41. The van der Waals surface area contributed by atoms with Crippen LogP contribution < -0.4 is 15.4 Å². The van der Waals surface area contributed by atoms with Crippen molar-refractivity contribution in [2.75, 3.05) is 13.1 Å². The molecule has 0 bridgehead atoms. The van der Waals surface area contributed by atoms with E-state index in [0.29, 0.717) is 13.0 Å². The molecule has 1 aromatic carbocycles. The standard InChI is InChI=1S/C15H22F3N3O/c1-4-19-14(21-11(2)3)20-10-9-12-5-7-13(8-6-12)22-15(16,17)18/h5-8,11H,4,9-10H2,1-3H3,(H2,19,20,21). The third-order valence-corrected chi connectivity index (χ3v) is 2.60. The molecule has 0 amide bonds. The summed E-state index contributed by atoms with van der Waals surface area (Å²) in [5.74, 6) is 0.518. The molecule has 0 spiro atoms. The monoisotopic (exact) mass is 317 g/mol. The van der Waals surface area contributed by atoms with Crippen LogP contribution in [-0.2, 0) is 6.42 Å². The van der Waals surface area contributed by atoms with Crippen molar-refractivity contribution in [2.45, 2.75) is 39.6 Å². The minimum absolute atomic E-state index is 0.213. The summed E-state index contributed by atoms with van der Waals surface area (Å²) in [5.41, 5.74) is 0.902. The predicted molar refractivity (Wildman–Crippen MR) is 81.1 cm³/mol. The number of alkyl halides is 3. The van der Waals surface area contributed by atoms with Gasteiger partial charge in [0.2, 0.25) is 0 Å². The molecule has 0 unspecified atom stereocenters. The van der Waals surface area contributed by atoms with E-state index in [1.807, 2.05) is 20.8 Å². The van der Waals surface area contributed by atoms with Crippen molar-refractivity contribution >= 4 is 5.96 Å². The first-order chi connectivity index (χ1) is 10.3. The van der Waals surface area contributed by atoms with Gasteiger partial charge in [-0.3, -0.25) is 4.99 Å². The van der Waals surface area contributed by atoms with Crippen molar-refractivity contribution in [3.05, 3.63) is 29.8 Å². The minimum Gasteiger partial charge on any atom is -0.406 e. The summed E-state index contributed by atoms with van der Waals surface area (Å²) in [7, 11) is 0. The van der Waals surface area contributed by atoms with Gasteiger partial charge in [0.15, 0.2) is 5.96 Å². The zero-order valence-corrected chi connectivity index (χ0v) is 13.0. The van der Waals surface area contributed by atoms with E-state index in [-0.39, 0.29) is 11.8 Å². The van der Waals surface area contributed by atoms with Gasteiger partial charge in [0.25, 0.3) is 0 Å². The number of benzene rings is 1. The van der Waals surface area contributed by atoms with Crippen molar-refractivity contribution in [2.24, 2.45) is 4.99 Å². The van der Waals surface area contributed by atoms with Crippen molar-refractivity contribution in [3.63, 3.8) is 0 Å². The zero-order chi connectivity index (χ0) is 16.6. The van der Waals surface area contributed by atoms with Crippen LogP contribution in [-0.4, -0.2) is 31.5 Å². The Morgan fingerprint density at radius 3 is 2.36 bits per heavy atom. The van der Waals surface area contributed by atoms with Crippen molar-refractivity contribution in [1.82, 2.24) is 10.6 Å². The van der Waals surface area contributed by atoms with E-state index in [9.17, 15) is 13.2 Å². The molecule has 0 fully saturated rings. The average Bonchev–Trinajstić information content (AvgIpc) is 2.38. The van der Waals surface area contributed by atoms with Crippen LogP contribution in [0.25, 0.3) is 0 Å². The molecule has 124 valence electrons. The van der Waals surface area contributed by atoms with E-state index in [1.165, 1.54) is 12.1 Å². The number of nitrogens with one attached hydrogen (secondary N) is 2. The van der Waals surface area contributed by atoms with Crippen LogP contribution in [0, 0.1) is 0 Å². The fourth-order valence-electron chi connectivity index (χ4n) is 1.75. The Hall–Kier alpha value is -1.92. The van der Waals surface area contributed by atoms with E-state index >= 15 is 0 Å². The SMILES string of the molecule is CCNC(=NCCc1ccc(OC(F)(F)F)cc1)NC(C)C. The van der Waals surface area contributed by atoms with E-state index in [1.54, 1.807) is 12.1 Å². The molecule has 2 N–H and O–H groups in total. The highest BCUT2D eigenvalue weighted by molar-refractivity contribution is 5.79. The number of aliphatic imine (C=N–C) groups is 1. The molecule has 4 nitrogen and oxygen atoms in total. The second-order valence-electron chi connectivity index (χ2n) is 5.00. The van der Waals surface area contributed by atoms with E-state index < -0.39 is 6.36 Å². The Labute approximate surface area is 128 Å². The van der Waals surface area contributed by atoms with Crippen molar-refractivity contribution in [3.8, 4) is 5.75 Å². The normalized spacial score (nSPS) is 12.4. The third-order valence-electron chi connectivity index (χ3n) is 2.60. The number of hydrogen-bond donors (Lipinski definition) is 2. The number of rotatable bonds is 6. The highest BCUT2D eigenvalue weighted by atomic mass is 19.4. The molecule has 7 heteroatoms. The number of halogens is 3. The quantitative estimate of drug-likeness (QED) is 0.626. The molecule has 1 rings (SSSR count). The van der Waals surface area contributed by atoms with Crippen molar-refractivity contribution < 1.29 is 17.9 Å². The van der Waals surface area contributed by atoms with E-state index in [2.05, 4.69) is 20.4 Å². The highest BCUT2D eigenvalue weighted by Gasteiger charge is 2.30. The molecule has 0 aromatic heterocycles. The second kappa shape index (κ2) is 8.51. The van der Waals surface area contributed by atoms with Gasteiger partial charge in [0, 0.05) is 19.1 Å². The minimum atomic E-state index is -4.66. The number of nitrogens with zero attached hydrogens (tertiary/aromatic N) is 1. The Kier molecular flexibility index (Phi) is 7.01. The first-order valence-corrected chi connectivity index (χ1v) is 7.19. The Morgan fingerprint density at radius 1 is 1.23 bits per heavy atom. The molecule has 0 aliphatic heterocycles. The summed E-state index contributed by atoms with van der Waals surface area (Å²) >= 11 is 0. The summed E-state index contributed by atoms with van der Waals surface area (Å²) in [6.45, 7) is 7.33. The van der Waals surface area contributed by atoms with Crippen LogP contribution in [0.5, 0.6) is 5.75 Å². The average molecular weight is 317 g/mol. The summed E-state index contributed by atoms with van der Waals surface area (Å²) in [6, 6.07) is 6.11. The summed E-state index contributed by atoms with van der Waals surface area (Å²) < 4.78 is 40.0. The maximum absolute atomic E-state index is 12.1. The number of guanidine groups is 1. The smallest absolute Gasteiger partial charge is 0.406 e. The van der Waals surface area contributed by atoms with Crippen LogP contribution in [0.4, 0.5) is 13.2 Å². The molecular weight excluding hydrogens is 295 g/mol. The molecular formula is C15H22F3N3O. The lowest BCUT2D eigenvalue weighted by atomic mass is 10.1. The van der Waals surface area contributed by atoms with Crippen LogP contribution in [0.1, 0.15) is 26.3 Å². The number of hydrogen-bond acceptors (Lipinski definition) is 2. The van der Waals surface area contributed by atoms with Crippen LogP contribution in [0.15, 0.2) is 29.3 Å².